The predicted octanol–water partition coefficient (Wildman–Crippen LogP) is 4.11. The number of anilines is 1. The molecular weight excluding hydrogens is 279 g/mol. The van der Waals surface area contributed by atoms with Crippen LogP contribution in [0, 0.1) is 12.7 Å². The Hall–Kier alpha value is -2.07. The summed E-state index contributed by atoms with van der Waals surface area (Å²) in [5, 5.41) is 5.29. The van der Waals surface area contributed by atoms with Gasteiger partial charge in [0.15, 0.2) is 0 Å². The molecule has 0 aliphatic carbocycles. The Kier molecular flexibility index (Phi) is 4.58. The minimum Gasteiger partial charge on any atom is -0.334 e. The average molecular weight is 293 g/mol. The normalized spacial score (nSPS) is 10.2. The molecule has 0 fully saturated rings. The van der Waals surface area contributed by atoms with Crippen LogP contribution >= 0.6 is 11.6 Å². The summed E-state index contributed by atoms with van der Waals surface area (Å²) in [6.45, 7) is 2.39. The third-order valence-corrected chi connectivity index (χ3v) is 3.18. The summed E-state index contributed by atoms with van der Waals surface area (Å²) in [6, 6.07) is 11.5. The van der Waals surface area contributed by atoms with Crippen LogP contribution in [0.4, 0.5) is 14.9 Å². The summed E-state index contributed by atoms with van der Waals surface area (Å²) in [6.07, 6.45) is 0. The first-order valence-electron chi connectivity index (χ1n) is 6.10. The van der Waals surface area contributed by atoms with E-state index >= 15 is 0 Å². The molecule has 2 rings (SSSR count). The van der Waals surface area contributed by atoms with E-state index in [2.05, 4.69) is 10.6 Å². The molecule has 2 N–H and O–H groups in total. The van der Waals surface area contributed by atoms with Crippen LogP contribution in [0.5, 0.6) is 0 Å². The SMILES string of the molecule is Cc1ccccc1CNC(=O)Nc1ccc(Cl)c(F)c1. The molecule has 0 saturated carbocycles. The van der Waals surface area contributed by atoms with Crippen LogP contribution in [-0.4, -0.2) is 6.03 Å². The topological polar surface area (TPSA) is 41.1 Å². The van der Waals surface area contributed by atoms with E-state index in [0.717, 1.165) is 11.1 Å². The zero-order valence-corrected chi connectivity index (χ0v) is 11.7. The number of aryl methyl sites for hydroxylation is 1. The van der Waals surface area contributed by atoms with E-state index in [9.17, 15) is 9.18 Å². The molecule has 0 heterocycles. The van der Waals surface area contributed by atoms with Crippen molar-refractivity contribution < 1.29 is 9.18 Å². The Balaban J connectivity index is 1.93. The second-order valence-electron chi connectivity index (χ2n) is 4.36. The van der Waals surface area contributed by atoms with Crippen molar-refractivity contribution in [3.8, 4) is 0 Å². The Morgan fingerprint density at radius 3 is 2.70 bits per heavy atom. The Bertz CT molecular complexity index is 631. The molecule has 2 aromatic rings. The summed E-state index contributed by atoms with van der Waals surface area (Å²) < 4.78 is 13.2. The van der Waals surface area contributed by atoms with E-state index in [1.54, 1.807) is 6.07 Å². The molecular formula is C15H14ClFN2O. The lowest BCUT2D eigenvalue weighted by atomic mass is 10.1. The predicted molar refractivity (Wildman–Crippen MR) is 78.4 cm³/mol. The van der Waals surface area contributed by atoms with Crippen LogP contribution in [0.15, 0.2) is 42.5 Å². The van der Waals surface area contributed by atoms with E-state index < -0.39 is 11.8 Å². The van der Waals surface area contributed by atoms with Crippen molar-refractivity contribution in [2.45, 2.75) is 13.5 Å². The van der Waals surface area contributed by atoms with E-state index in [4.69, 9.17) is 11.6 Å². The summed E-state index contributed by atoms with van der Waals surface area (Å²) in [4.78, 5) is 11.7. The highest BCUT2D eigenvalue weighted by Crippen LogP contribution is 2.18. The van der Waals surface area contributed by atoms with E-state index in [1.807, 2.05) is 31.2 Å². The van der Waals surface area contributed by atoms with Crippen molar-refractivity contribution in [2.75, 3.05) is 5.32 Å². The minimum atomic E-state index is -0.566. The standard InChI is InChI=1S/C15H14ClFN2O/c1-10-4-2-3-5-11(10)9-18-15(20)19-12-6-7-13(16)14(17)8-12/h2-8H,9H2,1H3,(H2,18,19,20). The lowest BCUT2D eigenvalue weighted by Crippen LogP contribution is -2.28. The van der Waals surface area contributed by atoms with Gasteiger partial charge in [-0.1, -0.05) is 35.9 Å². The van der Waals surface area contributed by atoms with Crippen molar-refractivity contribution >= 4 is 23.3 Å². The number of benzene rings is 2. The maximum atomic E-state index is 13.2. The molecule has 20 heavy (non-hydrogen) atoms. The highest BCUT2D eigenvalue weighted by atomic mass is 35.5. The number of hydrogen-bond donors (Lipinski definition) is 2. The molecule has 0 radical (unpaired) electrons. The van der Waals surface area contributed by atoms with Gasteiger partial charge in [-0.25, -0.2) is 9.18 Å². The average Bonchev–Trinajstić information content (AvgIpc) is 2.42. The van der Waals surface area contributed by atoms with Crippen molar-refractivity contribution in [2.24, 2.45) is 0 Å². The quantitative estimate of drug-likeness (QED) is 0.878. The number of urea groups is 1. The van der Waals surface area contributed by atoms with Gasteiger partial charge >= 0.3 is 6.03 Å². The third kappa shape index (κ3) is 3.71. The maximum Gasteiger partial charge on any atom is 0.319 e. The molecule has 0 unspecified atom stereocenters. The first-order chi connectivity index (χ1) is 9.56. The number of carbonyl (C=O) groups is 1. The number of hydrogen-bond acceptors (Lipinski definition) is 1. The second-order valence-corrected chi connectivity index (χ2v) is 4.77. The van der Waals surface area contributed by atoms with Gasteiger partial charge in [0.2, 0.25) is 0 Å². The molecule has 0 saturated heterocycles. The van der Waals surface area contributed by atoms with Gasteiger partial charge in [0, 0.05) is 12.2 Å². The maximum absolute atomic E-state index is 13.2. The van der Waals surface area contributed by atoms with Crippen molar-refractivity contribution in [1.82, 2.24) is 5.32 Å². The van der Waals surface area contributed by atoms with Gasteiger partial charge in [0.25, 0.3) is 0 Å². The van der Waals surface area contributed by atoms with Gasteiger partial charge in [0.05, 0.1) is 5.02 Å². The highest BCUT2D eigenvalue weighted by Gasteiger charge is 2.05. The van der Waals surface area contributed by atoms with Gasteiger partial charge in [-0.3, -0.25) is 0 Å². The van der Waals surface area contributed by atoms with Crippen LogP contribution in [0.25, 0.3) is 0 Å². The Morgan fingerprint density at radius 1 is 1.25 bits per heavy atom. The van der Waals surface area contributed by atoms with Crippen LogP contribution in [-0.2, 0) is 6.54 Å². The minimum absolute atomic E-state index is 0.0240. The Morgan fingerprint density at radius 2 is 2.00 bits per heavy atom. The zero-order valence-electron chi connectivity index (χ0n) is 10.9. The Labute approximate surface area is 121 Å². The lowest BCUT2D eigenvalue weighted by molar-refractivity contribution is 0.251. The smallest absolute Gasteiger partial charge is 0.319 e. The van der Waals surface area contributed by atoms with Gasteiger partial charge < -0.3 is 10.6 Å². The third-order valence-electron chi connectivity index (χ3n) is 2.88. The van der Waals surface area contributed by atoms with Crippen LogP contribution < -0.4 is 10.6 Å². The summed E-state index contributed by atoms with van der Waals surface area (Å²) in [7, 11) is 0. The molecule has 0 bridgehead atoms. The fraction of sp³-hybridized carbons (Fsp3) is 0.133. The first-order valence-corrected chi connectivity index (χ1v) is 6.48. The highest BCUT2D eigenvalue weighted by molar-refractivity contribution is 6.30. The summed E-state index contributed by atoms with van der Waals surface area (Å²) in [5.41, 5.74) is 2.49. The fourth-order valence-electron chi connectivity index (χ4n) is 1.73. The molecule has 0 aliphatic heterocycles. The van der Waals surface area contributed by atoms with E-state index in [-0.39, 0.29) is 5.02 Å². The zero-order chi connectivity index (χ0) is 14.5. The van der Waals surface area contributed by atoms with Gasteiger partial charge in [-0.05, 0) is 36.2 Å². The summed E-state index contributed by atoms with van der Waals surface area (Å²) in [5.74, 6) is -0.566. The van der Waals surface area contributed by atoms with Crippen molar-refractivity contribution in [3.63, 3.8) is 0 Å². The van der Waals surface area contributed by atoms with Crippen molar-refractivity contribution in [1.29, 1.82) is 0 Å². The fourth-order valence-corrected chi connectivity index (χ4v) is 1.85. The molecule has 0 aliphatic rings. The van der Waals surface area contributed by atoms with E-state index in [1.165, 1.54) is 12.1 Å². The number of halogens is 2. The number of rotatable bonds is 3. The van der Waals surface area contributed by atoms with Crippen LogP contribution in [0.2, 0.25) is 5.02 Å². The molecule has 2 amide bonds. The van der Waals surface area contributed by atoms with Gasteiger partial charge in [0.1, 0.15) is 5.82 Å². The molecule has 3 nitrogen and oxygen atoms in total. The molecule has 0 atom stereocenters. The molecule has 0 aromatic heterocycles. The largest absolute Gasteiger partial charge is 0.334 e. The van der Waals surface area contributed by atoms with Gasteiger partial charge in [-0.2, -0.15) is 0 Å². The van der Waals surface area contributed by atoms with Crippen LogP contribution in [0.3, 0.4) is 0 Å². The van der Waals surface area contributed by atoms with Crippen molar-refractivity contribution in [3.05, 3.63) is 64.4 Å². The first kappa shape index (κ1) is 14.3. The molecule has 5 heteroatoms. The molecule has 104 valence electrons. The number of carbonyl (C=O) groups excluding carboxylic acids is 1. The lowest BCUT2D eigenvalue weighted by Gasteiger charge is -2.09. The van der Waals surface area contributed by atoms with E-state index in [0.29, 0.717) is 12.2 Å². The number of amides is 2. The van der Waals surface area contributed by atoms with Gasteiger partial charge in [-0.15, -0.1) is 0 Å². The summed E-state index contributed by atoms with van der Waals surface area (Å²) >= 11 is 5.57. The molecule has 0 spiro atoms. The molecule has 2 aromatic carbocycles. The van der Waals surface area contributed by atoms with Crippen LogP contribution in [0.1, 0.15) is 11.1 Å². The number of nitrogens with one attached hydrogen (secondary N) is 2. The monoisotopic (exact) mass is 292 g/mol. The second kappa shape index (κ2) is 6.39.